The summed E-state index contributed by atoms with van der Waals surface area (Å²) >= 11 is 10.2. The SMILES string of the molecule is CC(C)(c1ccc(OCc2ccc(CS(=O)O)o2)cc1)c1cc(Cl)c(OCCCl)c(C#N)c1. The molecule has 0 bridgehead atoms. The topological polar surface area (TPSA) is 92.7 Å². The Bertz CT molecular complexity index is 1170. The molecule has 0 saturated heterocycles. The summed E-state index contributed by atoms with van der Waals surface area (Å²) < 4.78 is 36.6. The molecule has 1 aromatic heterocycles. The molecule has 0 fully saturated rings. The van der Waals surface area contributed by atoms with Crippen LogP contribution in [0, 0.1) is 11.3 Å². The minimum atomic E-state index is -1.95. The van der Waals surface area contributed by atoms with Gasteiger partial charge < -0.3 is 18.4 Å². The Balaban J connectivity index is 1.74. The smallest absolute Gasteiger partial charge is 0.160 e. The molecule has 3 aromatic rings. The van der Waals surface area contributed by atoms with E-state index in [4.69, 9.17) is 41.6 Å². The summed E-state index contributed by atoms with van der Waals surface area (Å²) in [7, 11) is 0. The summed E-state index contributed by atoms with van der Waals surface area (Å²) in [4.78, 5) is 0. The summed E-state index contributed by atoms with van der Waals surface area (Å²) in [5.74, 6) is 2.23. The number of ether oxygens (including phenoxy) is 2. The number of furan rings is 1. The fourth-order valence-electron chi connectivity index (χ4n) is 3.31. The zero-order valence-electron chi connectivity index (χ0n) is 18.1. The van der Waals surface area contributed by atoms with Crippen molar-refractivity contribution in [1.82, 2.24) is 0 Å². The second kappa shape index (κ2) is 11.1. The lowest BCUT2D eigenvalue weighted by molar-refractivity contribution is 0.267. The number of halogens is 2. The van der Waals surface area contributed by atoms with Crippen LogP contribution in [0.15, 0.2) is 52.9 Å². The van der Waals surface area contributed by atoms with E-state index in [1.165, 1.54) is 0 Å². The zero-order valence-corrected chi connectivity index (χ0v) is 20.5. The van der Waals surface area contributed by atoms with Gasteiger partial charge in [-0.1, -0.05) is 37.6 Å². The van der Waals surface area contributed by atoms with Crippen molar-refractivity contribution in [3.05, 3.63) is 81.8 Å². The third-order valence-corrected chi connectivity index (χ3v) is 6.12. The lowest BCUT2D eigenvalue weighted by Crippen LogP contribution is -2.19. The van der Waals surface area contributed by atoms with Crippen molar-refractivity contribution in [3.8, 4) is 17.6 Å². The number of hydrogen-bond acceptors (Lipinski definition) is 5. The summed E-state index contributed by atoms with van der Waals surface area (Å²) in [5.41, 5.74) is 1.81. The Morgan fingerprint density at radius 2 is 1.79 bits per heavy atom. The average molecular weight is 508 g/mol. The number of nitrogens with zero attached hydrogens (tertiary/aromatic N) is 1. The number of benzene rings is 2. The van der Waals surface area contributed by atoms with E-state index in [9.17, 15) is 9.47 Å². The summed E-state index contributed by atoms with van der Waals surface area (Å²) in [6, 6.07) is 16.7. The second-order valence-electron chi connectivity index (χ2n) is 7.76. The number of nitriles is 1. The molecule has 174 valence electrons. The molecule has 33 heavy (non-hydrogen) atoms. The van der Waals surface area contributed by atoms with Crippen LogP contribution in [-0.4, -0.2) is 21.2 Å². The largest absolute Gasteiger partial charge is 0.489 e. The van der Waals surface area contributed by atoms with Gasteiger partial charge in [0.2, 0.25) is 0 Å². The van der Waals surface area contributed by atoms with E-state index in [1.807, 2.05) is 44.2 Å². The van der Waals surface area contributed by atoms with E-state index in [2.05, 4.69) is 6.07 Å². The van der Waals surface area contributed by atoms with Crippen LogP contribution >= 0.6 is 23.2 Å². The molecule has 6 nitrogen and oxygen atoms in total. The van der Waals surface area contributed by atoms with Crippen molar-refractivity contribution in [2.24, 2.45) is 0 Å². The minimum Gasteiger partial charge on any atom is -0.489 e. The molecule has 9 heteroatoms. The third-order valence-electron chi connectivity index (χ3n) is 5.15. The van der Waals surface area contributed by atoms with Crippen LogP contribution in [0.4, 0.5) is 0 Å². The van der Waals surface area contributed by atoms with Gasteiger partial charge in [-0.25, -0.2) is 4.21 Å². The van der Waals surface area contributed by atoms with Gasteiger partial charge in [0, 0.05) is 5.41 Å². The molecule has 1 atom stereocenters. The van der Waals surface area contributed by atoms with E-state index in [0.717, 1.165) is 11.1 Å². The third kappa shape index (κ3) is 6.30. The predicted octanol–water partition coefficient (Wildman–Crippen LogP) is 6.05. The second-order valence-corrected chi connectivity index (χ2v) is 9.47. The molecule has 0 radical (unpaired) electrons. The first-order valence-corrected chi connectivity index (χ1v) is 12.2. The molecule has 1 N–H and O–H groups in total. The van der Waals surface area contributed by atoms with E-state index in [0.29, 0.717) is 39.5 Å². The van der Waals surface area contributed by atoms with Crippen LogP contribution < -0.4 is 9.47 Å². The minimum absolute atomic E-state index is 0.0544. The Morgan fingerprint density at radius 3 is 2.42 bits per heavy atom. The lowest BCUT2D eigenvalue weighted by Gasteiger charge is -2.27. The maximum Gasteiger partial charge on any atom is 0.160 e. The van der Waals surface area contributed by atoms with E-state index >= 15 is 0 Å². The van der Waals surface area contributed by atoms with Gasteiger partial charge in [0.05, 0.1) is 16.5 Å². The van der Waals surface area contributed by atoms with Crippen molar-refractivity contribution >= 4 is 34.3 Å². The molecule has 0 aliphatic heterocycles. The molecular formula is C24H23Cl2NO5S. The van der Waals surface area contributed by atoms with Crippen LogP contribution in [0.2, 0.25) is 5.02 Å². The molecule has 0 saturated carbocycles. The van der Waals surface area contributed by atoms with Crippen molar-refractivity contribution in [1.29, 1.82) is 5.26 Å². The highest BCUT2D eigenvalue weighted by Crippen LogP contribution is 2.38. The lowest BCUT2D eigenvalue weighted by atomic mass is 9.77. The molecule has 0 aliphatic carbocycles. The maximum atomic E-state index is 10.9. The normalized spacial score (nSPS) is 12.2. The predicted molar refractivity (Wildman–Crippen MR) is 128 cm³/mol. The van der Waals surface area contributed by atoms with Gasteiger partial charge in [-0.2, -0.15) is 5.26 Å². The Morgan fingerprint density at radius 1 is 1.09 bits per heavy atom. The highest BCUT2D eigenvalue weighted by molar-refractivity contribution is 7.78. The molecule has 0 aliphatic rings. The summed E-state index contributed by atoms with van der Waals surface area (Å²) in [5, 5.41) is 9.93. The van der Waals surface area contributed by atoms with E-state index in [1.54, 1.807) is 18.2 Å². The Labute approximate surface area is 205 Å². The number of rotatable bonds is 10. The van der Waals surface area contributed by atoms with Crippen LogP contribution in [0.5, 0.6) is 11.5 Å². The van der Waals surface area contributed by atoms with Crippen LogP contribution in [-0.2, 0) is 28.9 Å². The molecule has 2 aromatic carbocycles. The molecule has 3 rings (SSSR count). The highest BCUT2D eigenvalue weighted by Gasteiger charge is 2.26. The van der Waals surface area contributed by atoms with Crippen LogP contribution in [0.3, 0.4) is 0 Å². The fourth-order valence-corrected chi connectivity index (χ4v) is 4.06. The van der Waals surface area contributed by atoms with E-state index in [-0.39, 0.29) is 19.0 Å². The molecule has 0 amide bonds. The van der Waals surface area contributed by atoms with Crippen molar-refractivity contribution in [2.75, 3.05) is 12.5 Å². The summed E-state index contributed by atoms with van der Waals surface area (Å²) in [6.07, 6.45) is 0. The van der Waals surface area contributed by atoms with Gasteiger partial charge in [0.1, 0.15) is 42.3 Å². The van der Waals surface area contributed by atoms with Crippen molar-refractivity contribution in [2.45, 2.75) is 31.6 Å². The summed E-state index contributed by atoms with van der Waals surface area (Å²) in [6.45, 7) is 4.56. The first kappa shape index (κ1) is 25.1. The van der Waals surface area contributed by atoms with Gasteiger partial charge in [-0.05, 0) is 47.5 Å². The van der Waals surface area contributed by atoms with Gasteiger partial charge >= 0.3 is 0 Å². The molecule has 1 unspecified atom stereocenters. The van der Waals surface area contributed by atoms with Crippen molar-refractivity contribution in [3.63, 3.8) is 0 Å². The van der Waals surface area contributed by atoms with Gasteiger partial charge in [0.15, 0.2) is 16.8 Å². The van der Waals surface area contributed by atoms with Crippen LogP contribution in [0.25, 0.3) is 0 Å². The van der Waals surface area contributed by atoms with Crippen LogP contribution in [0.1, 0.15) is 42.1 Å². The van der Waals surface area contributed by atoms with Gasteiger partial charge in [-0.3, -0.25) is 0 Å². The Hall–Kier alpha value is -2.50. The molecule has 1 heterocycles. The monoisotopic (exact) mass is 507 g/mol. The quantitative estimate of drug-likeness (QED) is 0.265. The van der Waals surface area contributed by atoms with Gasteiger partial charge in [0.25, 0.3) is 0 Å². The van der Waals surface area contributed by atoms with Crippen molar-refractivity contribution < 1.29 is 22.7 Å². The fraction of sp³-hybridized carbons (Fsp3) is 0.292. The average Bonchev–Trinajstić information content (AvgIpc) is 3.23. The first-order chi connectivity index (χ1) is 15.7. The Kier molecular flexibility index (Phi) is 8.44. The highest BCUT2D eigenvalue weighted by atomic mass is 35.5. The molecule has 0 spiro atoms. The van der Waals surface area contributed by atoms with E-state index < -0.39 is 16.5 Å². The first-order valence-electron chi connectivity index (χ1n) is 10.1. The van der Waals surface area contributed by atoms with Gasteiger partial charge in [-0.15, -0.1) is 11.6 Å². The molecular weight excluding hydrogens is 485 g/mol. The number of hydrogen-bond donors (Lipinski definition) is 1. The standard InChI is InChI=1S/C24H23Cl2NO5S/c1-24(2,18-11-16(13-27)23(22(26)12-18)30-10-9-25)17-3-5-19(6-4-17)31-14-20-7-8-21(32-20)15-33(28)29/h3-8,11-12H,9-10,14-15H2,1-2H3,(H,28,29). The maximum absolute atomic E-state index is 10.9. The number of alkyl halides is 1. The zero-order chi connectivity index (χ0) is 24.0.